The standard InChI is InChI=1S/C11H15NO5S2/c13-11(14)8-5-10(18-7-8)19(15,16)12-6-9-3-1-2-4-17-9/h5,7,9,12H,1-4,6H2,(H,13,14). The third kappa shape index (κ3) is 3.75. The lowest BCUT2D eigenvalue weighted by Crippen LogP contribution is -2.35. The lowest BCUT2D eigenvalue weighted by molar-refractivity contribution is 0.0200. The molecule has 2 heterocycles. The van der Waals surface area contributed by atoms with Gasteiger partial charge in [-0.25, -0.2) is 17.9 Å². The van der Waals surface area contributed by atoms with Gasteiger partial charge in [0.1, 0.15) is 4.21 Å². The van der Waals surface area contributed by atoms with Crippen LogP contribution in [-0.4, -0.2) is 38.7 Å². The van der Waals surface area contributed by atoms with Gasteiger partial charge in [-0.2, -0.15) is 0 Å². The van der Waals surface area contributed by atoms with E-state index in [-0.39, 0.29) is 22.4 Å². The SMILES string of the molecule is O=C(O)c1csc(S(=O)(=O)NCC2CCCCO2)c1. The second kappa shape index (κ2) is 6.00. The predicted octanol–water partition coefficient (Wildman–Crippen LogP) is 1.29. The van der Waals surface area contributed by atoms with Crippen LogP contribution in [0.15, 0.2) is 15.7 Å². The highest BCUT2D eigenvalue weighted by atomic mass is 32.2. The van der Waals surface area contributed by atoms with Crippen molar-refractivity contribution in [3.05, 3.63) is 17.0 Å². The highest BCUT2D eigenvalue weighted by Crippen LogP contribution is 2.20. The van der Waals surface area contributed by atoms with E-state index in [1.807, 2.05) is 0 Å². The van der Waals surface area contributed by atoms with E-state index in [1.54, 1.807) is 0 Å². The molecule has 0 saturated carbocycles. The fourth-order valence-electron chi connectivity index (χ4n) is 1.81. The summed E-state index contributed by atoms with van der Waals surface area (Å²) in [6.07, 6.45) is 2.79. The summed E-state index contributed by atoms with van der Waals surface area (Å²) in [5.74, 6) is -1.13. The van der Waals surface area contributed by atoms with Gasteiger partial charge in [-0.05, 0) is 25.3 Å². The van der Waals surface area contributed by atoms with E-state index in [0.717, 1.165) is 36.7 Å². The third-order valence-electron chi connectivity index (χ3n) is 2.86. The van der Waals surface area contributed by atoms with Gasteiger partial charge >= 0.3 is 5.97 Å². The molecule has 1 saturated heterocycles. The van der Waals surface area contributed by atoms with E-state index in [2.05, 4.69) is 4.72 Å². The van der Waals surface area contributed by atoms with Gasteiger partial charge in [-0.3, -0.25) is 0 Å². The number of hydrogen-bond donors (Lipinski definition) is 2. The zero-order chi connectivity index (χ0) is 13.9. The summed E-state index contributed by atoms with van der Waals surface area (Å²) in [5, 5.41) is 10.1. The maximum absolute atomic E-state index is 12.0. The third-order valence-corrected chi connectivity index (χ3v) is 5.73. The molecule has 106 valence electrons. The maximum atomic E-state index is 12.0. The largest absolute Gasteiger partial charge is 0.478 e. The molecule has 1 unspecified atom stereocenters. The van der Waals surface area contributed by atoms with Crippen LogP contribution in [0, 0.1) is 0 Å². The van der Waals surface area contributed by atoms with E-state index in [9.17, 15) is 13.2 Å². The van der Waals surface area contributed by atoms with Gasteiger partial charge in [-0.15, -0.1) is 11.3 Å². The molecule has 1 aliphatic rings. The minimum Gasteiger partial charge on any atom is -0.478 e. The summed E-state index contributed by atoms with van der Waals surface area (Å²) < 4.78 is 31.8. The summed E-state index contributed by atoms with van der Waals surface area (Å²) in [4.78, 5) is 10.7. The number of hydrogen-bond acceptors (Lipinski definition) is 5. The Balaban J connectivity index is 1.98. The van der Waals surface area contributed by atoms with Crippen LogP contribution in [0.2, 0.25) is 0 Å². The Morgan fingerprint density at radius 3 is 2.89 bits per heavy atom. The molecule has 8 heteroatoms. The minimum absolute atomic E-state index is 0.0145. The highest BCUT2D eigenvalue weighted by Gasteiger charge is 2.21. The quantitative estimate of drug-likeness (QED) is 0.855. The number of carboxylic acid groups (broad SMARTS) is 1. The van der Waals surface area contributed by atoms with Crippen molar-refractivity contribution in [3.8, 4) is 0 Å². The number of aromatic carboxylic acids is 1. The Morgan fingerprint density at radius 2 is 2.32 bits per heavy atom. The first-order valence-electron chi connectivity index (χ1n) is 5.92. The van der Waals surface area contributed by atoms with Crippen LogP contribution in [0.25, 0.3) is 0 Å². The lowest BCUT2D eigenvalue weighted by atomic mass is 10.1. The van der Waals surface area contributed by atoms with Crippen molar-refractivity contribution >= 4 is 27.3 Å². The van der Waals surface area contributed by atoms with Crippen molar-refractivity contribution in [2.75, 3.05) is 13.2 Å². The molecule has 1 fully saturated rings. The molecule has 0 bridgehead atoms. The van der Waals surface area contributed by atoms with E-state index in [4.69, 9.17) is 9.84 Å². The van der Waals surface area contributed by atoms with Crippen LogP contribution in [-0.2, 0) is 14.8 Å². The van der Waals surface area contributed by atoms with E-state index < -0.39 is 16.0 Å². The van der Waals surface area contributed by atoms with Crippen molar-refractivity contribution in [1.29, 1.82) is 0 Å². The van der Waals surface area contributed by atoms with Crippen LogP contribution in [0.4, 0.5) is 0 Å². The van der Waals surface area contributed by atoms with Gasteiger partial charge in [0.25, 0.3) is 0 Å². The molecule has 1 aromatic rings. The van der Waals surface area contributed by atoms with E-state index >= 15 is 0 Å². The average molecular weight is 305 g/mol. The molecule has 2 N–H and O–H groups in total. The van der Waals surface area contributed by atoms with Gasteiger partial charge in [0.15, 0.2) is 0 Å². The molecule has 0 spiro atoms. The Labute approximate surface area is 115 Å². The topological polar surface area (TPSA) is 92.7 Å². The minimum atomic E-state index is -3.65. The first kappa shape index (κ1) is 14.4. The van der Waals surface area contributed by atoms with Crippen molar-refractivity contribution in [2.45, 2.75) is 29.6 Å². The van der Waals surface area contributed by atoms with Crippen LogP contribution < -0.4 is 4.72 Å². The molecule has 1 aliphatic heterocycles. The van der Waals surface area contributed by atoms with Gasteiger partial charge in [0.2, 0.25) is 10.0 Å². The summed E-state index contributed by atoms with van der Waals surface area (Å²) in [7, 11) is -3.65. The molecule has 1 atom stereocenters. The predicted molar refractivity (Wildman–Crippen MR) is 70.1 cm³/mol. The van der Waals surface area contributed by atoms with E-state index in [1.165, 1.54) is 5.38 Å². The number of carboxylic acids is 1. The smallest absolute Gasteiger partial charge is 0.336 e. The Kier molecular flexibility index (Phi) is 4.56. The summed E-state index contributed by atoms with van der Waals surface area (Å²) in [6.45, 7) is 0.886. The van der Waals surface area contributed by atoms with Crippen LogP contribution in [0.5, 0.6) is 0 Å². The molecule has 19 heavy (non-hydrogen) atoms. The fraction of sp³-hybridized carbons (Fsp3) is 0.545. The number of thiophene rings is 1. The number of rotatable bonds is 5. The van der Waals surface area contributed by atoms with Crippen molar-refractivity contribution < 1.29 is 23.1 Å². The first-order valence-corrected chi connectivity index (χ1v) is 8.28. The second-order valence-corrected chi connectivity index (χ2v) is 7.21. The molecular formula is C11H15NO5S2. The van der Waals surface area contributed by atoms with Crippen molar-refractivity contribution in [2.24, 2.45) is 0 Å². The normalized spacial score (nSPS) is 20.3. The second-order valence-electron chi connectivity index (χ2n) is 4.30. The van der Waals surface area contributed by atoms with Crippen LogP contribution >= 0.6 is 11.3 Å². The number of nitrogens with one attached hydrogen (secondary N) is 1. The zero-order valence-electron chi connectivity index (χ0n) is 10.2. The van der Waals surface area contributed by atoms with Crippen molar-refractivity contribution in [3.63, 3.8) is 0 Å². The Bertz CT molecular complexity index is 545. The number of carbonyl (C=O) groups is 1. The van der Waals surface area contributed by atoms with Gasteiger partial charge in [0.05, 0.1) is 11.7 Å². The molecule has 0 aromatic carbocycles. The zero-order valence-corrected chi connectivity index (χ0v) is 11.8. The van der Waals surface area contributed by atoms with Gasteiger partial charge in [-0.1, -0.05) is 0 Å². The van der Waals surface area contributed by atoms with Gasteiger partial charge < -0.3 is 9.84 Å². The highest BCUT2D eigenvalue weighted by molar-refractivity contribution is 7.91. The van der Waals surface area contributed by atoms with Crippen LogP contribution in [0.1, 0.15) is 29.6 Å². The van der Waals surface area contributed by atoms with Crippen molar-refractivity contribution in [1.82, 2.24) is 4.72 Å². The number of sulfonamides is 1. The lowest BCUT2D eigenvalue weighted by Gasteiger charge is -2.22. The molecule has 0 aliphatic carbocycles. The fourth-order valence-corrected chi connectivity index (χ4v) is 4.08. The first-order chi connectivity index (χ1) is 8.99. The summed E-state index contributed by atoms with van der Waals surface area (Å²) >= 11 is 0.899. The molecule has 6 nitrogen and oxygen atoms in total. The monoisotopic (exact) mass is 305 g/mol. The Morgan fingerprint density at radius 1 is 1.53 bits per heavy atom. The average Bonchev–Trinajstić information content (AvgIpc) is 2.88. The van der Waals surface area contributed by atoms with Crippen LogP contribution in [0.3, 0.4) is 0 Å². The number of ether oxygens (including phenoxy) is 1. The molecule has 2 rings (SSSR count). The summed E-state index contributed by atoms with van der Waals surface area (Å²) in [6, 6.07) is 1.16. The molecular weight excluding hydrogens is 290 g/mol. The molecule has 0 amide bonds. The Hall–Kier alpha value is -0.960. The van der Waals surface area contributed by atoms with Gasteiger partial charge in [0, 0.05) is 18.5 Å². The van der Waals surface area contributed by atoms with E-state index in [0.29, 0.717) is 6.61 Å². The maximum Gasteiger partial charge on any atom is 0.336 e. The molecule has 0 radical (unpaired) electrons. The molecule has 1 aromatic heterocycles. The summed E-state index contributed by atoms with van der Waals surface area (Å²) in [5.41, 5.74) is -0.0145.